The van der Waals surface area contributed by atoms with Crippen LogP contribution in [0.25, 0.3) is 0 Å². The number of carboxylic acids is 1. The van der Waals surface area contributed by atoms with Crippen LogP contribution in [0.5, 0.6) is 0 Å². The number of aliphatic carboxylic acids is 1. The van der Waals surface area contributed by atoms with Gasteiger partial charge in [-0.05, 0) is 20.0 Å². The average molecular weight is 249 g/mol. The molecule has 0 aliphatic rings. The minimum Gasteiger partial charge on any atom is -0.481 e. The third-order valence-electron chi connectivity index (χ3n) is 1.76. The Bertz CT molecular complexity index is 475. The molecule has 0 saturated heterocycles. The van der Waals surface area contributed by atoms with Crippen LogP contribution in [0.15, 0.2) is 11.0 Å². The van der Waals surface area contributed by atoms with Crippen LogP contribution in [0.3, 0.4) is 0 Å². The van der Waals surface area contributed by atoms with Crippen molar-refractivity contribution in [2.75, 3.05) is 7.05 Å². The maximum atomic E-state index is 11.5. The van der Waals surface area contributed by atoms with E-state index in [0.29, 0.717) is 4.88 Å². The number of hydrogen-bond donors (Lipinski definition) is 2. The maximum absolute atomic E-state index is 11.5. The van der Waals surface area contributed by atoms with Crippen LogP contribution in [-0.4, -0.2) is 26.5 Å². The van der Waals surface area contributed by atoms with Gasteiger partial charge in [-0.1, -0.05) is 0 Å². The Labute approximate surface area is 91.8 Å². The smallest absolute Gasteiger partial charge is 0.308 e. The number of carbonyl (C=O) groups is 1. The van der Waals surface area contributed by atoms with Gasteiger partial charge in [0.2, 0.25) is 10.0 Å². The minimum atomic E-state index is -3.56. The van der Waals surface area contributed by atoms with Crippen LogP contribution in [0.2, 0.25) is 0 Å². The summed E-state index contributed by atoms with van der Waals surface area (Å²) in [6, 6.07) is 1.48. The van der Waals surface area contributed by atoms with E-state index in [1.54, 1.807) is 6.92 Å². The van der Waals surface area contributed by atoms with Crippen molar-refractivity contribution in [3.05, 3.63) is 15.8 Å². The molecule has 0 unspecified atom stereocenters. The van der Waals surface area contributed by atoms with Crippen LogP contribution in [0.4, 0.5) is 0 Å². The van der Waals surface area contributed by atoms with E-state index in [4.69, 9.17) is 5.11 Å². The molecule has 2 N–H and O–H groups in total. The molecule has 15 heavy (non-hydrogen) atoms. The third kappa shape index (κ3) is 2.77. The van der Waals surface area contributed by atoms with Crippen molar-refractivity contribution in [2.45, 2.75) is 18.2 Å². The Morgan fingerprint density at radius 3 is 2.67 bits per heavy atom. The highest BCUT2D eigenvalue weighted by molar-refractivity contribution is 7.89. The molecule has 0 radical (unpaired) electrons. The van der Waals surface area contributed by atoms with Crippen LogP contribution in [0, 0.1) is 6.92 Å². The van der Waals surface area contributed by atoms with Crippen molar-refractivity contribution in [1.29, 1.82) is 0 Å². The molecular weight excluding hydrogens is 238 g/mol. The van der Waals surface area contributed by atoms with Gasteiger partial charge >= 0.3 is 5.97 Å². The molecule has 84 valence electrons. The lowest BCUT2D eigenvalue weighted by Gasteiger charge is -2.01. The van der Waals surface area contributed by atoms with Crippen molar-refractivity contribution in [3.8, 4) is 0 Å². The monoisotopic (exact) mass is 249 g/mol. The molecule has 1 rings (SSSR count). The molecule has 0 saturated carbocycles. The number of carboxylic acid groups (broad SMARTS) is 1. The quantitative estimate of drug-likeness (QED) is 0.818. The fraction of sp³-hybridized carbons (Fsp3) is 0.375. The standard InChI is InChI=1S/C8H11NO4S2/c1-5-3-7(15(12,13)9-2)6(14-5)4-8(10)11/h3,9H,4H2,1-2H3,(H,10,11). The molecular formula is C8H11NO4S2. The maximum Gasteiger partial charge on any atom is 0.308 e. The van der Waals surface area contributed by atoms with Gasteiger partial charge in [-0.3, -0.25) is 4.79 Å². The van der Waals surface area contributed by atoms with Crippen LogP contribution in [0.1, 0.15) is 9.75 Å². The van der Waals surface area contributed by atoms with Gasteiger partial charge in [-0.15, -0.1) is 11.3 Å². The van der Waals surface area contributed by atoms with Gasteiger partial charge in [0.15, 0.2) is 0 Å². The first-order chi connectivity index (χ1) is 6.86. The molecule has 1 heterocycles. The molecule has 1 aromatic rings. The van der Waals surface area contributed by atoms with Gasteiger partial charge in [-0.25, -0.2) is 13.1 Å². The Hall–Kier alpha value is -0.920. The largest absolute Gasteiger partial charge is 0.481 e. The summed E-state index contributed by atoms with van der Waals surface area (Å²) < 4.78 is 25.2. The Balaban J connectivity index is 3.23. The zero-order chi connectivity index (χ0) is 11.6. The Morgan fingerprint density at radius 2 is 2.20 bits per heavy atom. The number of sulfonamides is 1. The van der Waals surface area contributed by atoms with Crippen molar-refractivity contribution in [3.63, 3.8) is 0 Å². The summed E-state index contributed by atoms with van der Waals surface area (Å²) in [5.41, 5.74) is 0. The van der Waals surface area contributed by atoms with Crippen molar-refractivity contribution in [2.24, 2.45) is 0 Å². The molecule has 0 spiro atoms. The van der Waals surface area contributed by atoms with E-state index in [1.165, 1.54) is 24.5 Å². The van der Waals surface area contributed by atoms with Gasteiger partial charge < -0.3 is 5.11 Å². The number of hydrogen-bond acceptors (Lipinski definition) is 4. The molecule has 1 aromatic heterocycles. The van der Waals surface area contributed by atoms with Gasteiger partial charge in [-0.2, -0.15) is 0 Å². The summed E-state index contributed by atoms with van der Waals surface area (Å²) in [7, 11) is -2.26. The van der Waals surface area contributed by atoms with E-state index in [9.17, 15) is 13.2 Å². The zero-order valence-electron chi connectivity index (χ0n) is 8.27. The highest BCUT2D eigenvalue weighted by atomic mass is 32.2. The predicted octanol–water partition coefficient (Wildman–Crippen LogP) is 0.592. The van der Waals surface area contributed by atoms with E-state index in [1.807, 2.05) is 0 Å². The Morgan fingerprint density at radius 1 is 1.60 bits per heavy atom. The van der Waals surface area contributed by atoms with E-state index >= 15 is 0 Å². The summed E-state index contributed by atoms with van der Waals surface area (Å²) in [5, 5.41) is 8.63. The molecule has 0 bridgehead atoms. The average Bonchev–Trinajstić information content (AvgIpc) is 2.46. The van der Waals surface area contributed by atoms with Gasteiger partial charge in [0.05, 0.1) is 11.3 Å². The summed E-state index contributed by atoms with van der Waals surface area (Å²) in [6.45, 7) is 1.74. The number of rotatable bonds is 4. The lowest BCUT2D eigenvalue weighted by atomic mass is 10.3. The van der Waals surface area contributed by atoms with Crippen molar-refractivity contribution >= 4 is 27.3 Å². The first-order valence-electron chi connectivity index (χ1n) is 4.11. The number of aryl methyl sites for hydroxylation is 1. The highest BCUT2D eigenvalue weighted by Crippen LogP contribution is 2.26. The first kappa shape index (κ1) is 12.2. The number of thiophene rings is 1. The van der Waals surface area contributed by atoms with Crippen molar-refractivity contribution < 1.29 is 18.3 Å². The lowest BCUT2D eigenvalue weighted by Crippen LogP contribution is -2.19. The van der Waals surface area contributed by atoms with Gasteiger partial charge in [0.1, 0.15) is 0 Å². The van der Waals surface area contributed by atoms with Gasteiger partial charge in [0, 0.05) is 9.75 Å². The molecule has 0 aliphatic heterocycles. The minimum absolute atomic E-state index is 0.0647. The summed E-state index contributed by atoms with van der Waals surface area (Å²) >= 11 is 1.18. The second-order valence-electron chi connectivity index (χ2n) is 2.92. The molecule has 0 atom stereocenters. The molecule has 0 aromatic carbocycles. The fourth-order valence-electron chi connectivity index (χ4n) is 1.14. The molecule has 7 heteroatoms. The van der Waals surface area contributed by atoms with E-state index in [0.717, 1.165) is 4.88 Å². The summed E-state index contributed by atoms with van der Waals surface area (Å²) in [5.74, 6) is -1.04. The summed E-state index contributed by atoms with van der Waals surface area (Å²) in [6.07, 6.45) is -0.269. The summed E-state index contributed by atoms with van der Waals surface area (Å²) in [4.78, 5) is 11.7. The molecule has 5 nitrogen and oxygen atoms in total. The van der Waals surface area contributed by atoms with Crippen LogP contribution >= 0.6 is 11.3 Å². The van der Waals surface area contributed by atoms with Gasteiger partial charge in [0.25, 0.3) is 0 Å². The van der Waals surface area contributed by atoms with Crippen LogP contribution in [-0.2, 0) is 21.2 Å². The third-order valence-corrected chi connectivity index (χ3v) is 4.42. The molecule has 0 aliphatic carbocycles. The highest BCUT2D eigenvalue weighted by Gasteiger charge is 2.20. The fourth-order valence-corrected chi connectivity index (χ4v) is 3.51. The van der Waals surface area contributed by atoms with E-state index in [2.05, 4.69) is 4.72 Å². The molecule has 0 fully saturated rings. The predicted molar refractivity (Wildman–Crippen MR) is 56.6 cm³/mol. The zero-order valence-corrected chi connectivity index (χ0v) is 9.91. The molecule has 0 amide bonds. The number of nitrogens with one attached hydrogen (secondary N) is 1. The lowest BCUT2D eigenvalue weighted by molar-refractivity contribution is -0.136. The topological polar surface area (TPSA) is 83.5 Å². The normalized spacial score (nSPS) is 11.6. The van der Waals surface area contributed by atoms with Crippen molar-refractivity contribution in [1.82, 2.24) is 4.72 Å². The van der Waals surface area contributed by atoms with Crippen LogP contribution < -0.4 is 4.72 Å². The van der Waals surface area contributed by atoms with E-state index in [-0.39, 0.29) is 11.3 Å². The first-order valence-corrected chi connectivity index (χ1v) is 6.41. The second-order valence-corrected chi connectivity index (χ2v) is 6.12. The Kier molecular flexibility index (Phi) is 3.48. The van der Waals surface area contributed by atoms with E-state index < -0.39 is 16.0 Å². The second kappa shape index (κ2) is 4.30. The SMILES string of the molecule is CNS(=O)(=O)c1cc(C)sc1CC(=O)O.